The molecule has 30 valence electrons. The normalized spacial score (nSPS) is 6.67. The van der Waals surface area contributed by atoms with Crippen molar-refractivity contribution in [3.63, 3.8) is 0 Å². The molecule has 0 saturated heterocycles. The summed E-state index contributed by atoms with van der Waals surface area (Å²) >= 11 is 1.71. The Kier molecular flexibility index (Phi) is 4.11. The van der Waals surface area contributed by atoms with Gasteiger partial charge in [-0.1, -0.05) is 12.1 Å². The first-order valence-corrected chi connectivity index (χ1v) is 2.41. The average Bonchev–Trinajstić information content (AvgIpc) is 1.76. The second-order valence-electron chi connectivity index (χ2n) is 0.793. The average molecular weight is 263 g/mol. The third kappa shape index (κ3) is 1.88. The van der Waals surface area contributed by atoms with Gasteiger partial charge in [0, 0.05) is 25.8 Å². The van der Waals surface area contributed by atoms with Crippen LogP contribution < -0.4 is 0 Å². The van der Waals surface area contributed by atoms with Crippen LogP contribution in [0.15, 0.2) is 22.9 Å². The van der Waals surface area contributed by atoms with E-state index in [1.165, 1.54) is 0 Å². The zero-order valence-corrected chi connectivity index (χ0v) is 7.63. The first-order chi connectivity index (χ1) is 2.50. The molecule has 0 aliphatic rings. The van der Waals surface area contributed by atoms with E-state index >= 15 is 0 Å². The van der Waals surface area contributed by atoms with Gasteiger partial charge in [-0.25, -0.2) is 0 Å². The molecule has 0 amide bonds. The van der Waals surface area contributed by atoms with Crippen molar-refractivity contribution in [2.75, 3.05) is 0 Å². The molecule has 2 heteroatoms. The Labute approximate surface area is 60.0 Å². The van der Waals surface area contributed by atoms with Crippen LogP contribution in [0.2, 0.25) is 0 Å². The molecule has 1 aromatic rings. The quantitative estimate of drug-likeness (QED) is 0.625. The van der Waals surface area contributed by atoms with Gasteiger partial charge in [0.25, 0.3) is 0 Å². The predicted octanol–water partition coefficient (Wildman–Crippen LogP) is 1.75. The monoisotopic (exact) mass is 264 g/mol. The third-order valence-corrected chi connectivity index (χ3v) is 1.05. The maximum absolute atomic E-state index is 2.04. The van der Waals surface area contributed by atoms with Gasteiger partial charge in [0.1, 0.15) is 0 Å². The largest absolute Gasteiger partial charge is 0.152 e. The molecule has 0 spiro atoms. The first-order valence-electron chi connectivity index (χ1n) is 1.47. The van der Waals surface area contributed by atoms with Crippen molar-refractivity contribution in [2.24, 2.45) is 0 Å². The maximum Gasteiger partial charge on any atom is 0 e. The standard InChI is InChI=1S/C4H4S.Hf/c1-2-4-5-3-1;/h1-4H;. The molecule has 0 bridgehead atoms. The fourth-order valence-corrected chi connectivity index (χ4v) is 0.680. The Morgan fingerprint density at radius 1 is 1.00 bits per heavy atom. The zero-order valence-electron chi connectivity index (χ0n) is 3.22. The smallest absolute Gasteiger partial charge is 0 e. The first kappa shape index (κ1) is 6.57. The summed E-state index contributed by atoms with van der Waals surface area (Å²) in [6.45, 7) is 0. The summed E-state index contributed by atoms with van der Waals surface area (Å²) in [6.07, 6.45) is 0. The second-order valence-corrected chi connectivity index (χ2v) is 1.61. The fraction of sp³-hybridized carbons (Fsp3) is 0. The molecular formula is C4H4HfS. The molecule has 0 radical (unpaired) electrons. The molecule has 0 aliphatic heterocycles. The van der Waals surface area contributed by atoms with Gasteiger partial charge in [0.15, 0.2) is 0 Å². The topological polar surface area (TPSA) is 0 Å². The number of hydrogen-bond acceptors (Lipinski definition) is 1. The molecule has 1 rings (SSSR count). The summed E-state index contributed by atoms with van der Waals surface area (Å²) in [4.78, 5) is 0. The molecule has 0 aliphatic carbocycles. The Morgan fingerprint density at radius 3 is 1.67 bits per heavy atom. The van der Waals surface area contributed by atoms with Gasteiger partial charge in [0.2, 0.25) is 0 Å². The SMILES string of the molecule is [Hf].c1ccsc1. The van der Waals surface area contributed by atoms with Gasteiger partial charge in [-0.3, -0.25) is 0 Å². The molecule has 0 nitrogen and oxygen atoms in total. The maximum atomic E-state index is 2.04. The minimum absolute atomic E-state index is 0. The molecule has 0 fully saturated rings. The summed E-state index contributed by atoms with van der Waals surface area (Å²) in [5.41, 5.74) is 0. The van der Waals surface area contributed by atoms with Crippen molar-refractivity contribution in [1.29, 1.82) is 0 Å². The third-order valence-electron chi connectivity index (χ3n) is 0.425. The van der Waals surface area contributed by atoms with Crippen LogP contribution in [0.3, 0.4) is 0 Å². The van der Waals surface area contributed by atoms with Gasteiger partial charge in [-0.15, -0.1) is 0 Å². The van der Waals surface area contributed by atoms with E-state index in [2.05, 4.69) is 0 Å². The van der Waals surface area contributed by atoms with Crippen LogP contribution in [0.1, 0.15) is 0 Å². The van der Waals surface area contributed by atoms with Crippen LogP contribution in [-0.2, 0) is 25.8 Å². The molecule has 1 heterocycles. The van der Waals surface area contributed by atoms with Crippen LogP contribution in [0.5, 0.6) is 0 Å². The van der Waals surface area contributed by atoms with Crippen molar-refractivity contribution in [1.82, 2.24) is 0 Å². The van der Waals surface area contributed by atoms with E-state index in [1.54, 1.807) is 11.3 Å². The molecule has 1 aromatic heterocycles. The summed E-state index contributed by atoms with van der Waals surface area (Å²) in [6, 6.07) is 4.04. The van der Waals surface area contributed by atoms with E-state index in [4.69, 9.17) is 0 Å². The van der Waals surface area contributed by atoms with Crippen molar-refractivity contribution < 1.29 is 25.8 Å². The predicted molar refractivity (Wildman–Crippen MR) is 24.3 cm³/mol. The van der Waals surface area contributed by atoms with Crippen LogP contribution in [0.4, 0.5) is 0 Å². The van der Waals surface area contributed by atoms with Gasteiger partial charge in [-0.2, -0.15) is 11.3 Å². The number of hydrogen-bond donors (Lipinski definition) is 0. The van der Waals surface area contributed by atoms with Crippen molar-refractivity contribution >= 4 is 11.3 Å². The van der Waals surface area contributed by atoms with Crippen LogP contribution in [0.25, 0.3) is 0 Å². The van der Waals surface area contributed by atoms with Gasteiger partial charge >= 0.3 is 0 Å². The Bertz CT molecular complexity index is 64.0. The Hall–Kier alpha value is 0.570. The second kappa shape index (κ2) is 3.75. The zero-order chi connectivity index (χ0) is 3.54. The summed E-state index contributed by atoms with van der Waals surface area (Å²) in [5.74, 6) is 0. The van der Waals surface area contributed by atoms with Crippen LogP contribution in [0, 0.1) is 0 Å². The fourth-order valence-electron chi connectivity index (χ4n) is 0.227. The minimum Gasteiger partial charge on any atom is -0.152 e. The Balaban J connectivity index is 0.000000250. The van der Waals surface area contributed by atoms with Crippen molar-refractivity contribution in [2.45, 2.75) is 0 Å². The molecule has 0 N–H and O–H groups in total. The molecule has 0 atom stereocenters. The van der Waals surface area contributed by atoms with E-state index < -0.39 is 0 Å². The molecule has 0 unspecified atom stereocenters. The van der Waals surface area contributed by atoms with E-state index in [9.17, 15) is 0 Å². The molecule has 0 aromatic carbocycles. The summed E-state index contributed by atoms with van der Waals surface area (Å²) < 4.78 is 0. The van der Waals surface area contributed by atoms with Crippen molar-refractivity contribution in [3.8, 4) is 0 Å². The van der Waals surface area contributed by atoms with Gasteiger partial charge < -0.3 is 0 Å². The Morgan fingerprint density at radius 2 is 1.50 bits per heavy atom. The number of thiophene rings is 1. The van der Waals surface area contributed by atoms with E-state index in [0.29, 0.717) is 0 Å². The van der Waals surface area contributed by atoms with Gasteiger partial charge in [-0.05, 0) is 10.8 Å². The van der Waals surface area contributed by atoms with E-state index in [-0.39, 0.29) is 25.8 Å². The minimum atomic E-state index is 0. The van der Waals surface area contributed by atoms with E-state index in [1.807, 2.05) is 22.9 Å². The summed E-state index contributed by atoms with van der Waals surface area (Å²) in [5, 5.41) is 4.08. The van der Waals surface area contributed by atoms with Crippen LogP contribution in [-0.4, -0.2) is 0 Å². The number of rotatable bonds is 0. The molecular weight excluding hydrogens is 259 g/mol. The van der Waals surface area contributed by atoms with Crippen LogP contribution >= 0.6 is 11.3 Å². The molecule has 0 saturated carbocycles. The molecule has 6 heavy (non-hydrogen) atoms. The van der Waals surface area contributed by atoms with E-state index in [0.717, 1.165) is 0 Å². The van der Waals surface area contributed by atoms with Crippen molar-refractivity contribution in [3.05, 3.63) is 22.9 Å². The summed E-state index contributed by atoms with van der Waals surface area (Å²) in [7, 11) is 0. The van der Waals surface area contributed by atoms with Gasteiger partial charge in [0.05, 0.1) is 0 Å².